The highest BCUT2D eigenvalue weighted by molar-refractivity contribution is 6.45. The standard InChI is InChI=1S/C30H39N7O3/c1-5-31-30(32-15-10-16-35(3)4)34-25-14-9-13-23-24(19-33-26(23)25)27(38)29(40)37-18-17-36(20-21(37)2)28(39)22-11-7-6-8-12-22/h6-9,11-14,19,21,33H,5,10,15-18,20H2,1-4H3,(H2,31,32,34)/t21-/m1/s1. The fourth-order valence-electron chi connectivity index (χ4n) is 4.93. The van der Waals surface area contributed by atoms with Crippen molar-refractivity contribution in [3.8, 4) is 0 Å². The average molecular weight is 546 g/mol. The Bertz CT molecular complexity index is 1370. The van der Waals surface area contributed by atoms with Crippen LogP contribution in [0.4, 0.5) is 5.69 Å². The molecule has 0 saturated carbocycles. The number of hydrogen-bond donors (Lipinski definition) is 3. The highest BCUT2D eigenvalue weighted by Gasteiger charge is 2.34. The number of para-hydroxylation sites is 1. The first-order valence-electron chi connectivity index (χ1n) is 13.8. The lowest BCUT2D eigenvalue weighted by molar-refractivity contribution is -0.130. The number of aromatic nitrogens is 1. The van der Waals surface area contributed by atoms with Crippen molar-refractivity contribution < 1.29 is 14.4 Å². The largest absolute Gasteiger partial charge is 0.359 e. The molecule has 212 valence electrons. The number of rotatable bonds is 9. The molecular weight excluding hydrogens is 506 g/mol. The van der Waals surface area contributed by atoms with Crippen LogP contribution in [0.15, 0.2) is 59.7 Å². The summed E-state index contributed by atoms with van der Waals surface area (Å²) in [5.41, 5.74) is 2.43. The van der Waals surface area contributed by atoms with E-state index in [1.54, 1.807) is 28.1 Å². The van der Waals surface area contributed by atoms with Crippen molar-refractivity contribution in [2.75, 3.05) is 58.7 Å². The summed E-state index contributed by atoms with van der Waals surface area (Å²) >= 11 is 0. The van der Waals surface area contributed by atoms with Gasteiger partial charge >= 0.3 is 0 Å². The summed E-state index contributed by atoms with van der Waals surface area (Å²) in [6.45, 7) is 7.24. The van der Waals surface area contributed by atoms with Crippen LogP contribution in [0.1, 0.15) is 41.0 Å². The number of amides is 2. The second-order valence-corrected chi connectivity index (χ2v) is 10.3. The lowest BCUT2D eigenvalue weighted by Gasteiger charge is -2.39. The normalized spacial score (nSPS) is 15.9. The molecule has 1 atom stereocenters. The number of H-pyrrole nitrogens is 1. The van der Waals surface area contributed by atoms with E-state index in [1.807, 2.05) is 64.3 Å². The molecule has 10 nitrogen and oxygen atoms in total. The molecule has 2 heterocycles. The zero-order valence-electron chi connectivity index (χ0n) is 23.7. The molecule has 40 heavy (non-hydrogen) atoms. The molecule has 4 rings (SSSR count). The summed E-state index contributed by atoms with van der Waals surface area (Å²) in [6.07, 6.45) is 2.56. The number of aromatic amines is 1. The zero-order valence-corrected chi connectivity index (χ0v) is 23.7. The van der Waals surface area contributed by atoms with Gasteiger partial charge in [0.25, 0.3) is 17.6 Å². The van der Waals surface area contributed by atoms with Crippen molar-refractivity contribution in [2.24, 2.45) is 4.99 Å². The molecule has 1 saturated heterocycles. The van der Waals surface area contributed by atoms with Gasteiger partial charge in [-0.15, -0.1) is 0 Å². The van der Waals surface area contributed by atoms with E-state index in [9.17, 15) is 14.4 Å². The van der Waals surface area contributed by atoms with E-state index in [0.29, 0.717) is 48.7 Å². The molecule has 10 heteroatoms. The Labute approximate surface area is 235 Å². The molecule has 0 unspecified atom stereocenters. The quantitative estimate of drug-likeness (QED) is 0.125. The van der Waals surface area contributed by atoms with E-state index in [4.69, 9.17) is 0 Å². The first-order valence-corrected chi connectivity index (χ1v) is 13.8. The second-order valence-electron chi connectivity index (χ2n) is 10.3. The van der Waals surface area contributed by atoms with Crippen LogP contribution < -0.4 is 10.6 Å². The molecule has 0 aliphatic carbocycles. The predicted octanol–water partition coefficient (Wildman–Crippen LogP) is 3.05. The third kappa shape index (κ3) is 6.69. The van der Waals surface area contributed by atoms with Crippen molar-refractivity contribution in [2.45, 2.75) is 26.3 Å². The van der Waals surface area contributed by atoms with Crippen molar-refractivity contribution >= 4 is 40.1 Å². The van der Waals surface area contributed by atoms with Crippen LogP contribution in [0.5, 0.6) is 0 Å². The number of nitrogens with one attached hydrogen (secondary N) is 3. The molecule has 1 fully saturated rings. The minimum Gasteiger partial charge on any atom is -0.359 e. The molecule has 0 radical (unpaired) electrons. The number of Topliss-reactive ketones (excluding diaryl/α,β-unsaturated/α-hetero) is 1. The SMILES string of the molecule is CC/N=C(\NCCCN(C)C)Nc1cccc2c(C(=O)C(=O)N3CCN(C(=O)c4ccccc4)C[C@H]3C)c[nH]c12. The van der Waals surface area contributed by atoms with Crippen LogP contribution in [-0.4, -0.2) is 103 Å². The average Bonchev–Trinajstić information content (AvgIpc) is 3.39. The highest BCUT2D eigenvalue weighted by atomic mass is 16.2. The third-order valence-electron chi connectivity index (χ3n) is 6.99. The Morgan fingerprint density at radius 3 is 2.55 bits per heavy atom. The second kappa shape index (κ2) is 13.3. The summed E-state index contributed by atoms with van der Waals surface area (Å²) in [5, 5.41) is 7.36. The maximum atomic E-state index is 13.4. The molecule has 3 aromatic rings. The van der Waals surface area contributed by atoms with Gasteiger partial charge in [-0.25, -0.2) is 0 Å². The fraction of sp³-hybridized carbons (Fsp3) is 0.400. The van der Waals surface area contributed by atoms with Crippen molar-refractivity contribution in [1.82, 2.24) is 25.0 Å². The zero-order chi connectivity index (χ0) is 28.6. The summed E-state index contributed by atoms with van der Waals surface area (Å²) in [7, 11) is 4.09. The van der Waals surface area contributed by atoms with Crippen molar-refractivity contribution in [3.05, 3.63) is 65.9 Å². The van der Waals surface area contributed by atoms with Crippen LogP contribution in [0.3, 0.4) is 0 Å². The van der Waals surface area contributed by atoms with Crippen LogP contribution in [-0.2, 0) is 4.79 Å². The number of fused-ring (bicyclic) bond motifs is 1. The lowest BCUT2D eigenvalue weighted by Crippen LogP contribution is -2.56. The van der Waals surface area contributed by atoms with E-state index in [1.165, 1.54) is 0 Å². The first-order chi connectivity index (χ1) is 19.3. The van der Waals surface area contributed by atoms with Crippen LogP contribution in [0, 0.1) is 0 Å². The minimum atomic E-state index is -0.567. The Balaban J connectivity index is 1.44. The van der Waals surface area contributed by atoms with E-state index in [-0.39, 0.29) is 11.9 Å². The first kappa shape index (κ1) is 28.8. The van der Waals surface area contributed by atoms with Gasteiger partial charge in [0.1, 0.15) is 0 Å². The van der Waals surface area contributed by atoms with Gasteiger partial charge in [0.15, 0.2) is 5.96 Å². The van der Waals surface area contributed by atoms with E-state index >= 15 is 0 Å². The number of benzene rings is 2. The topological polar surface area (TPSA) is 113 Å². The van der Waals surface area contributed by atoms with Gasteiger partial charge in [0.05, 0.1) is 16.8 Å². The number of carbonyl (C=O) groups is 3. The molecule has 2 aromatic carbocycles. The van der Waals surface area contributed by atoms with Gasteiger partial charge in [0.2, 0.25) is 0 Å². The smallest absolute Gasteiger partial charge is 0.295 e. The highest BCUT2D eigenvalue weighted by Crippen LogP contribution is 2.27. The van der Waals surface area contributed by atoms with Gasteiger partial charge in [-0.3, -0.25) is 19.4 Å². The molecule has 1 aliphatic rings. The number of hydrogen-bond acceptors (Lipinski definition) is 5. The molecule has 3 N–H and O–H groups in total. The third-order valence-corrected chi connectivity index (χ3v) is 6.99. The van der Waals surface area contributed by atoms with E-state index in [2.05, 4.69) is 25.5 Å². The molecule has 0 spiro atoms. The van der Waals surface area contributed by atoms with Gasteiger partial charge in [-0.05, 0) is 59.1 Å². The van der Waals surface area contributed by atoms with Crippen LogP contribution >= 0.6 is 0 Å². The Kier molecular flexibility index (Phi) is 9.55. The van der Waals surface area contributed by atoms with E-state index in [0.717, 1.165) is 30.7 Å². The minimum absolute atomic E-state index is 0.0688. The van der Waals surface area contributed by atoms with Gasteiger partial charge in [-0.2, -0.15) is 0 Å². The summed E-state index contributed by atoms with van der Waals surface area (Å²) in [6, 6.07) is 14.4. The number of ketones is 1. The Morgan fingerprint density at radius 2 is 1.85 bits per heavy atom. The molecule has 1 aromatic heterocycles. The van der Waals surface area contributed by atoms with Crippen molar-refractivity contribution in [3.63, 3.8) is 0 Å². The number of aliphatic imine (C=N–C) groups is 1. The van der Waals surface area contributed by atoms with Gasteiger partial charge < -0.3 is 30.3 Å². The van der Waals surface area contributed by atoms with Crippen LogP contribution in [0.25, 0.3) is 10.9 Å². The number of guanidine groups is 1. The predicted molar refractivity (Wildman–Crippen MR) is 159 cm³/mol. The monoisotopic (exact) mass is 545 g/mol. The molecule has 1 aliphatic heterocycles. The van der Waals surface area contributed by atoms with Crippen molar-refractivity contribution in [1.29, 1.82) is 0 Å². The summed E-state index contributed by atoms with van der Waals surface area (Å²) in [5.74, 6) is -0.540. The van der Waals surface area contributed by atoms with Crippen LogP contribution in [0.2, 0.25) is 0 Å². The maximum absolute atomic E-state index is 13.4. The summed E-state index contributed by atoms with van der Waals surface area (Å²) < 4.78 is 0. The Hall–Kier alpha value is -4.18. The lowest BCUT2D eigenvalue weighted by atomic mass is 10.1. The van der Waals surface area contributed by atoms with Gasteiger partial charge in [-0.1, -0.05) is 30.3 Å². The number of nitrogens with zero attached hydrogens (tertiary/aromatic N) is 4. The Morgan fingerprint density at radius 1 is 1.07 bits per heavy atom. The summed E-state index contributed by atoms with van der Waals surface area (Å²) in [4.78, 5) is 52.8. The molecular formula is C30H39N7O3. The maximum Gasteiger partial charge on any atom is 0.295 e. The number of anilines is 1. The molecule has 0 bridgehead atoms. The molecule has 2 amide bonds. The number of piperazine rings is 1. The fourth-order valence-corrected chi connectivity index (χ4v) is 4.93. The number of carbonyl (C=O) groups excluding carboxylic acids is 3. The van der Waals surface area contributed by atoms with Gasteiger partial charge in [0, 0.05) is 55.9 Å². The van der Waals surface area contributed by atoms with E-state index < -0.39 is 11.7 Å².